The molecule has 0 amide bonds. The van der Waals surface area contributed by atoms with Crippen LogP contribution in [0.25, 0.3) is 0 Å². The summed E-state index contributed by atoms with van der Waals surface area (Å²) in [7, 11) is 2.39. The smallest absolute Gasteiger partial charge is 0.402 e. The maximum atomic E-state index is 10.6. The molecule has 9 heteroatoms. The van der Waals surface area contributed by atoms with Crippen LogP contribution in [0, 0.1) is 0 Å². The van der Waals surface area contributed by atoms with Gasteiger partial charge >= 0.3 is 7.32 Å². The van der Waals surface area contributed by atoms with Gasteiger partial charge in [0.2, 0.25) is 0 Å². The third kappa shape index (κ3) is 30.8. The third-order valence-corrected chi connectivity index (χ3v) is 10.7. The molecule has 0 saturated carbocycles. The monoisotopic (exact) mass is 508 g/mol. The minimum atomic E-state index is -1.26. The molecule has 0 radical (unpaired) electrons. The molecule has 0 aliphatic rings. The summed E-state index contributed by atoms with van der Waals surface area (Å²) >= 11 is 0. The predicted octanol–water partition coefficient (Wildman–Crippen LogP) is 6.41. The van der Waals surface area contributed by atoms with E-state index in [1.807, 2.05) is 0 Å². The van der Waals surface area contributed by atoms with E-state index in [0.29, 0.717) is 0 Å². The summed E-state index contributed by atoms with van der Waals surface area (Å²) in [4.78, 5) is 0. The Morgan fingerprint density at radius 2 is 0.710 bits per heavy atom. The predicted molar refractivity (Wildman–Crippen MR) is 154 cm³/mol. The molecule has 0 bridgehead atoms. The molecular formula is C22H59BNO3Si4+. The summed E-state index contributed by atoms with van der Waals surface area (Å²) in [5.41, 5.74) is 0. The minimum absolute atomic E-state index is 0.128. The van der Waals surface area contributed by atoms with Crippen LogP contribution in [0.2, 0.25) is 103 Å². The summed E-state index contributed by atoms with van der Waals surface area (Å²) in [6.45, 7) is 28.5. The quantitative estimate of drug-likeness (QED) is 0.244. The molecule has 0 heterocycles. The summed E-state index contributed by atoms with van der Waals surface area (Å²) < 4.78 is 13.2. The average Bonchev–Trinajstić information content (AvgIpc) is 2.25. The molecule has 0 atom stereocenters. The second-order valence-corrected chi connectivity index (χ2v) is 37.7. The average molecular weight is 509 g/mol. The maximum absolute atomic E-state index is 10.6. The van der Waals surface area contributed by atoms with Crippen LogP contribution in [0.5, 0.6) is 0 Å². The van der Waals surface area contributed by atoms with Gasteiger partial charge in [0.1, 0.15) is 0 Å². The van der Waals surface area contributed by atoms with Crippen molar-refractivity contribution in [3.05, 3.63) is 0 Å². The van der Waals surface area contributed by atoms with Crippen LogP contribution in [-0.4, -0.2) is 89.5 Å². The van der Waals surface area contributed by atoms with E-state index in [0.717, 1.165) is 28.7 Å². The first-order valence-electron chi connectivity index (χ1n) is 12.0. The fraction of sp³-hybridized carbons (Fsp3) is 1.00. The number of hydrogen-bond acceptors (Lipinski definition) is 3. The van der Waals surface area contributed by atoms with Gasteiger partial charge in [-0.25, -0.2) is 0 Å². The van der Waals surface area contributed by atoms with Crippen LogP contribution in [0.4, 0.5) is 0 Å². The van der Waals surface area contributed by atoms with Crippen LogP contribution in [0.1, 0.15) is 0 Å². The molecule has 0 aliphatic heterocycles. The van der Waals surface area contributed by atoms with Crippen LogP contribution >= 0.6 is 0 Å². The SMILES string of the molecule is C[N+](C)(C)C.C[Si](C)(C)CC(C[Si](C)(C)C)OB(O)OC(C[Si](C)(C)C)C[Si](C)(C)C. The second-order valence-electron chi connectivity index (χ2n) is 15.6. The third-order valence-electron chi connectivity index (χ3n) is 3.98. The lowest BCUT2D eigenvalue weighted by Crippen LogP contribution is -2.42. The van der Waals surface area contributed by atoms with Crippen LogP contribution in [0.3, 0.4) is 0 Å². The van der Waals surface area contributed by atoms with Crippen LogP contribution in [-0.2, 0) is 9.31 Å². The van der Waals surface area contributed by atoms with E-state index < -0.39 is 39.6 Å². The summed E-state index contributed by atoms with van der Waals surface area (Å²) in [6, 6.07) is 4.35. The molecule has 0 fully saturated rings. The lowest BCUT2D eigenvalue weighted by Gasteiger charge is -2.33. The molecule has 0 saturated heterocycles. The Bertz CT molecular complexity index is 413. The molecule has 188 valence electrons. The van der Waals surface area contributed by atoms with Gasteiger partial charge < -0.3 is 18.8 Å². The van der Waals surface area contributed by atoms with Crippen molar-refractivity contribution in [3.63, 3.8) is 0 Å². The molecular weight excluding hydrogens is 449 g/mol. The van der Waals surface area contributed by atoms with Crippen molar-refractivity contribution in [2.75, 3.05) is 28.2 Å². The van der Waals surface area contributed by atoms with Crippen molar-refractivity contribution < 1.29 is 18.8 Å². The number of rotatable bonds is 12. The van der Waals surface area contributed by atoms with E-state index in [1.165, 1.54) is 0 Å². The van der Waals surface area contributed by atoms with E-state index in [-0.39, 0.29) is 12.2 Å². The molecule has 31 heavy (non-hydrogen) atoms. The molecule has 0 spiro atoms. The number of nitrogens with zero attached hydrogens (tertiary/aromatic N) is 1. The van der Waals surface area contributed by atoms with Crippen molar-refractivity contribution in [1.29, 1.82) is 0 Å². The first kappa shape index (κ1) is 33.9. The molecule has 0 aromatic heterocycles. The highest BCUT2D eigenvalue weighted by Gasteiger charge is 2.34. The van der Waals surface area contributed by atoms with Gasteiger partial charge in [-0.1, -0.05) is 78.6 Å². The molecule has 0 aromatic carbocycles. The lowest BCUT2D eigenvalue weighted by atomic mass is 10.2. The fourth-order valence-electron chi connectivity index (χ4n) is 3.43. The number of quaternary nitrogens is 1. The van der Waals surface area contributed by atoms with Crippen LogP contribution < -0.4 is 0 Å². The van der Waals surface area contributed by atoms with E-state index in [1.54, 1.807) is 0 Å². The van der Waals surface area contributed by atoms with Crippen molar-refractivity contribution in [2.24, 2.45) is 0 Å². The van der Waals surface area contributed by atoms with E-state index in [2.05, 4.69) is 107 Å². The Hall–Kier alpha value is 0.772. The van der Waals surface area contributed by atoms with Gasteiger partial charge in [0.25, 0.3) is 0 Å². The standard InChI is InChI=1S/C18H47BO3Si4.C4H12N/c1-23(2,3)13-17(14-24(4,5)6)21-19(20)22-18(15-25(7,8)9)16-26(10,11)12;1-5(2,3)4/h17-18,20H,13-16H2,1-12H3;1-4H3/q;+1. The highest BCUT2D eigenvalue weighted by Crippen LogP contribution is 2.26. The zero-order chi connectivity index (χ0) is 25.5. The minimum Gasteiger partial charge on any atom is -0.402 e. The Labute approximate surface area is 201 Å². The number of hydrogen-bond donors (Lipinski definition) is 1. The highest BCUT2D eigenvalue weighted by atomic mass is 28.3. The molecule has 0 aliphatic carbocycles. The molecule has 0 unspecified atom stereocenters. The van der Waals surface area contributed by atoms with Gasteiger partial charge in [0.15, 0.2) is 0 Å². The van der Waals surface area contributed by atoms with Crippen LogP contribution in [0.15, 0.2) is 0 Å². The Balaban J connectivity index is 0. The largest absolute Gasteiger partial charge is 0.637 e. The van der Waals surface area contributed by atoms with E-state index in [4.69, 9.17) is 9.31 Å². The molecule has 1 N–H and O–H groups in total. The van der Waals surface area contributed by atoms with Gasteiger partial charge in [-0.05, 0) is 24.2 Å². The topological polar surface area (TPSA) is 38.7 Å². The molecule has 4 nitrogen and oxygen atoms in total. The second kappa shape index (κ2) is 13.0. The normalized spacial score (nSPS) is 14.0. The lowest BCUT2D eigenvalue weighted by molar-refractivity contribution is -0.849. The Morgan fingerprint density at radius 3 is 0.839 bits per heavy atom. The fourth-order valence-corrected chi connectivity index (χ4v) is 10.4. The van der Waals surface area contributed by atoms with E-state index in [9.17, 15) is 5.02 Å². The van der Waals surface area contributed by atoms with Crippen molar-refractivity contribution in [2.45, 2.75) is 115 Å². The van der Waals surface area contributed by atoms with Crippen molar-refractivity contribution in [3.8, 4) is 0 Å². The van der Waals surface area contributed by atoms with Gasteiger partial charge in [0, 0.05) is 44.5 Å². The molecule has 0 aromatic rings. The summed E-state index contributed by atoms with van der Waals surface area (Å²) in [6.07, 6.45) is 0.255. The Morgan fingerprint density at radius 1 is 0.548 bits per heavy atom. The van der Waals surface area contributed by atoms with Gasteiger partial charge in [-0.3, -0.25) is 0 Å². The summed E-state index contributed by atoms with van der Waals surface area (Å²) in [5.74, 6) is 0. The van der Waals surface area contributed by atoms with Gasteiger partial charge in [-0.2, -0.15) is 0 Å². The zero-order valence-electron chi connectivity index (χ0n) is 24.3. The highest BCUT2D eigenvalue weighted by molar-refractivity contribution is 6.78. The first-order valence-corrected chi connectivity index (χ1v) is 26.9. The van der Waals surface area contributed by atoms with Gasteiger partial charge in [-0.15, -0.1) is 0 Å². The zero-order valence-corrected chi connectivity index (χ0v) is 28.3. The summed E-state index contributed by atoms with van der Waals surface area (Å²) in [5, 5.41) is 10.6. The maximum Gasteiger partial charge on any atom is 0.637 e. The van der Waals surface area contributed by atoms with E-state index >= 15 is 0 Å². The van der Waals surface area contributed by atoms with Gasteiger partial charge in [0.05, 0.1) is 28.2 Å². The van der Waals surface area contributed by atoms with Crippen molar-refractivity contribution >= 4 is 39.6 Å². The first-order chi connectivity index (χ1) is 13.3. The molecule has 0 rings (SSSR count). The van der Waals surface area contributed by atoms with Crippen molar-refractivity contribution in [1.82, 2.24) is 0 Å². The Kier molecular flexibility index (Phi) is 14.3.